The van der Waals surface area contributed by atoms with E-state index in [2.05, 4.69) is 0 Å². The molecular formula is C29F14N6. The Morgan fingerprint density at radius 3 is 0.959 bits per heavy atom. The highest BCUT2D eigenvalue weighted by Gasteiger charge is 2.47. The molecule has 0 unspecified atom stereocenters. The van der Waals surface area contributed by atoms with E-state index >= 15 is 22.0 Å². The highest BCUT2D eigenvalue weighted by atomic mass is 19.4. The lowest BCUT2D eigenvalue weighted by atomic mass is 9.99. The van der Waals surface area contributed by atoms with Crippen molar-refractivity contribution in [3.63, 3.8) is 0 Å². The fourth-order valence-corrected chi connectivity index (χ4v) is 4.47. The molecule has 0 amide bonds. The van der Waals surface area contributed by atoms with Crippen molar-refractivity contribution >= 4 is 16.7 Å². The second-order valence-electron chi connectivity index (χ2n) is 9.07. The lowest BCUT2D eigenvalue weighted by molar-refractivity contribution is -0.144. The number of nitriles is 5. The lowest BCUT2D eigenvalue weighted by Gasteiger charge is -2.11. The summed E-state index contributed by atoms with van der Waals surface area (Å²) in [6, 6.07) is 4.05. The van der Waals surface area contributed by atoms with Crippen molar-refractivity contribution in [2.24, 2.45) is 0 Å². The van der Waals surface area contributed by atoms with E-state index in [1.54, 1.807) is 0 Å². The van der Waals surface area contributed by atoms with E-state index in [0.717, 1.165) is 30.3 Å². The van der Waals surface area contributed by atoms with Gasteiger partial charge in [0.25, 0.3) is 0 Å². The average molecular weight is 698 g/mol. The van der Waals surface area contributed by atoms with Crippen LogP contribution in [-0.4, -0.2) is 4.98 Å². The van der Waals surface area contributed by atoms with Crippen molar-refractivity contribution in [3.8, 4) is 30.3 Å². The molecule has 3 aromatic rings. The van der Waals surface area contributed by atoms with E-state index in [1.165, 1.54) is 0 Å². The number of nitrogens with zero attached hydrogens (tertiary/aromatic N) is 6. The number of aromatic nitrogens is 1. The Kier molecular flexibility index (Phi) is 8.71. The highest BCUT2D eigenvalue weighted by Crippen LogP contribution is 2.57. The molecule has 1 aliphatic carbocycles. The van der Waals surface area contributed by atoms with Gasteiger partial charge in [-0.15, -0.1) is 0 Å². The minimum atomic E-state index is -5.94. The van der Waals surface area contributed by atoms with E-state index in [4.69, 9.17) is 10.5 Å². The first-order valence-corrected chi connectivity index (χ1v) is 12.0. The molecule has 1 fully saturated rings. The van der Waals surface area contributed by atoms with Crippen LogP contribution in [0.1, 0.15) is 33.5 Å². The SMILES string of the molecule is N#CC(=C1C(=C(C#N)c2c(F)c(F)c(C#N)c(F)c2F)C1=C(C#N)c1c(F)c(F)c(C#N)c(F)c1F)c1c(F)c(F)nc(C(F)(F)F)c1F. The van der Waals surface area contributed by atoms with E-state index in [9.17, 15) is 55.3 Å². The number of rotatable bonds is 3. The summed E-state index contributed by atoms with van der Waals surface area (Å²) in [5.74, 6) is -28.7. The second kappa shape index (κ2) is 12.1. The number of hydrogen-bond donors (Lipinski definition) is 0. The maximum absolute atomic E-state index is 15.1. The summed E-state index contributed by atoms with van der Waals surface area (Å²) in [4.78, 5) is 2.03. The first kappa shape index (κ1) is 35.1. The van der Waals surface area contributed by atoms with Gasteiger partial charge in [-0.2, -0.15) is 43.9 Å². The van der Waals surface area contributed by atoms with Crippen LogP contribution in [0, 0.1) is 121 Å². The predicted octanol–water partition coefficient (Wildman–Crippen LogP) is 7.62. The molecule has 0 aliphatic heterocycles. The molecule has 1 heterocycles. The van der Waals surface area contributed by atoms with E-state index in [1.807, 2.05) is 4.98 Å². The summed E-state index contributed by atoms with van der Waals surface area (Å²) >= 11 is 0. The molecule has 20 heteroatoms. The van der Waals surface area contributed by atoms with Gasteiger partial charge < -0.3 is 0 Å². The van der Waals surface area contributed by atoms with Gasteiger partial charge in [0, 0.05) is 16.7 Å². The summed E-state index contributed by atoms with van der Waals surface area (Å²) in [5, 5.41) is 46.9. The van der Waals surface area contributed by atoms with Gasteiger partial charge in [-0.05, 0) is 0 Å². The number of pyridine rings is 1. The molecule has 0 radical (unpaired) electrons. The lowest BCUT2D eigenvalue weighted by Crippen LogP contribution is -2.16. The Labute approximate surface area is 260 Å². The number of benzene rings is 2. The topological polar surface area (TPSA) is 132 Å². The van der Waals surface area contributed by atoms with Crippen LogP contribution in [0.3, 0.4) is 0 Å². The van der Waals surface area contributed by atoms with Crippen molar-refractivity contribution in [3.05, 3.63) is 114 Å². The molecule has 6 nitrogen and oxygen atoms in total. The van der Waals surface area contributed by atoms with Gasteiger partial charge >= 0.3 is 6.18 Å². The summed E-state index contributed by atoms with van der Waals surface area (Å²) in [6.07, 6.45) is -5.94. The fourth-order valence-electron chi connectivity index (χ4n) is 4.47. The predicted molar refractivity (Wildman–Crippen MR) is 129 cm³/mol. The third kappa shape index (κ3) is 5.14. The van der Waals surface area contributed by atoms with Gasteiger partial charge in [0.05, 0.1) is 33.4 Å². The van der Waals surface area contributed by atoms with Crippen molar-refractivity contribution in [1.29, 1.82) is 26.3 Å². The fraction of sp³-hybridized carbons (Fsp3) is 0.0345. The van der Waals surface area contributed by atoms with Gasteiger partial charge in [0.2, 0.25) is 5.95 Å². The zero-order valence-electron chi connectivity index (χ0n) is 22.5. The molecule has 0 saturated heterocycles. The first-order valence-electron chi connectivity index (χ1n) is 12.0. The third-order valence-electron chi connectivity index (χ3n) is 6.58. The number of alkyl halides is 3. The highest BCUT2D eigenvalue weighted by molar-refractivity contribution is 6.12. The van der Waals surface area contributed by atoms with Crippen molar-refractivity contribution in [1.82, 2.24) is 4.98 Å². The smallest absolute Gasteiger partial charge is 0.209 e. The van der Waals surface area contributed by atoms with Crippen LogP contribution in [0.2, 0.25) is 0 Å². The summed E-state index contributed by atoms with van der Waals surface area (Å²) in [5.41, 5.74) is -23.7. The second-order valence-corrected chi connectivity index (χ2v) is 9.07. The minimum Gasteiger partial charge on any atom is -0.209 e. The minimum absolute atomic E-state index is 0.729. The van der Waals surface area contributed by atoms with Crippen LogP contribution in [-0.2, 0) is 6.18 Å². The molecule has 0 N–H and O–H groups in total. The van der Waals surface area contributed by atoms with Crippen molar-refractivity contribution in [2.45, 2.75) is 6.18 Å². The third-order valence-corrected chi connectivity index (χ3v) is 6.58. The van der Waals surface area contributed by atoms with Gasteiger partial charge in [-0.25, -0.2) is 48.9 Å². The van der Waals surface area contributed by atoms with E-state index in [-0.39, 0.29) is 0 Å². The monoisotopic (exact) mass is 698 g/mol. The summed E-state index contributed by atoms with van der Waals surface area (Å²) in [7, 11) is 0. The Morgan fingerprint density at radius 1 is 0.429 bits per heavy atom. The molecule has 0 bridgehead atoms. The number of allylic oxidation sites excluding steroid dienone is 6. The van der Waals surface area contributed by atoms with Crippen LogP contribution in [0.4, 0.5) is 61.5 Å². The molecule has 244 valence electrons. The molecule has 49 heavy (non-hydrogen) atoms. The van der Waals surface area contributed by atoms with Crippen LogP contribution in [0.25, 0.3) is 16.7 Å². The van der Waals surface area contributed by atoms with Gasteiger partial charge in [-0.3, -0.25) is 0 Å². The van der Waals surface area contributed by atoms with Crippen molar-refractivity contribution < 1.29 is 61.5 Å². The molecule has 1 saturated carbocycles. The Bertz CT molecular complexity index is 2210. The van der Waals surface area contributed by atoms with Crippen LogP contribution in [0.15, 0.2) is 16.7 Å². The Morgan fingerprint density at radius 2 is 0.714 bits per heavy atom. The molecule has 2 aromatic carbocycles. The van der Waals surface area contributed by atoms with Crippen LogP contribution in [0.5, 0.6) is 0 Å². The largest absolute Gasteiger partial charge is 0.436 e. The summed E-state index contributed by atoms with van der Waals surface area (Å²) < 4.78 is 202. The molecule has 1 aliphatic rings. The molecule has 4 rings (SSSR count). The van der Waals surface area contributed by atoms with Crippen LogP contribution < -0.4 is 0 Å². The zero-order chi connectivity index (χ0) is 37.0. The Hall–Kier alpha value is -6.72. The molecule has 0 spiro atoms. The summed E-state index contributed by atoms with van der Waals surface area (Å²) in [6.45, 7) is 0. The standard InChI is InChI=1S/C29F14N6/c30-17-9(4-47)18(31)22(35)14(21(17)34)6(1-44)11-12(7(2-45)15-23(36)19(32)10(5-48)20(33)24(15)37)13(11)8(3-46)16-25(38)27(29(41,42)43)49-28(40)26(16)39. The van der Waals surface area contributed by atoms with Gasteiger partial charge in [0.15, 0.2) is 63.9 Å². The molecular weight excluding hydrogens is 698 g/mol. The number of hydrogen-bond acceptors (Lipinski definition) is 6. The Balaban J connectivity index is 2.38. The van der Waals surface area contributed by atoms with Crippen LogP contribution >= 0.6 is 0 Å². The first-order chi connectivity index (χ1) is 22.9. The number of halogens is 14. The molecule has 0 atom stereocenters. The van der Waals surface area contributed by atoms with E-state index < -0.39 is 137 Å². The van der Waals surface area contributed by atoms with Gasteiger partial charge in [-0.1, -0.05) is 0 Å². The van der Waals surface area contributed by atoms with Crippen molar-refractivity contribution in [2.75, 3.05) is 0 Å². The maximum atomic E-state index is 15.1. The van der Waals surface area contributed by atoms with Gasteiger partial charge in [0.1, 0.15) is 41.5 Å². The maximum Gasteiger partial charge on any atom is 0.436 e. The molecule has 1 aromatic heterocycles. The average Bonchev–Trinajstić information content (AvgIpc) is 3.76. The quantitative estimate of drug-likeness (QED) is 0.120. The zero-order valence-corrected chi connectivity index (χ0v) is 22.5. The van der Waals surface area contributed by atoms with E-state index in [0.29, 0.717) is 0 Å². The normalized spacial score (nSPS) is 14.3.